The standard InChI is InChI=1S/C43H26N2O2/c1-2-9-27(10-3-1)28-17-19-29(20-18-28)43-44-37-14-5-6-15-38(37)45(43)32-12-8-11-30(23-32)31-21-22-40-34(24-31)36-26-41-35(25-42(36)47-40)33-13-4-7-16-39(33)46-41/h1-26H. The predicted molar refractivity (Wildman–Crippen MR) is 192 cm³/mol. The Bertz CT molecular complexity index is 2780. The smallest absolute Gasteiger partial charge is 0.145 e. The van der Waals surface area contributed by atoms with Gasteiger partial charge in [0.15, 0.2) is 0 Å². The van der Waals surface area contributed by atoms with Crippen LogP contribution in [-0.2, 0) is 0 Å². The zero-order valence-corrected chi connectivity index (χ0v) is 25.2. The summed E-state index contributed by atoms with van der Waals surface area (Å²) in [7, 11) is 0. The van der Waals surface area contributed by atoms with Crippen LogP contribution in [0.3, 0.4) is 0 Å². The molecule has 4 heteroatoms. The van der Waals surface area contributed by atoms with Crippen molar-refractivity contribution >= 4 is 54.9 Å². The van der Waals surface area contributed by atoms with Gasteiger partial charge in [0, 0.05) is 32.8 Å². The molecule has 0 aliphatic rings. The van der Waals surface area contributed by atoms with Gasteiger partial charge in [0.2, 0.25) is 0 Å². The third kappa shape index (κ3) is 4.12. The fourth-order valence-electron chi connectivity index (χ4n) is 6.92. The summed E-state index contributed by atoms with van der Waals surface area (Å²) in [5.41, 5.74) is 12.2. The molecule has 3 heterocycles. The molecule has 0 saturated heterocycles. The van der Waals surface area contributed by atoms with E-state index in [1.807, 2.05) is 30.3 Å². The van der Waals surface area contributed by atoms with Crippen LogP contribution < -0.4 is 0 Å². The molecule has 0 bridgehead atoms. The van der Waals surface area contributed by atoms with E-state index in [9.17, 15) is 0 Å². The van der Waals surface area contributed by atoms with Crippen molar-refractivity contribution in [2.45, 2.75) is 0 Å². The second-order valence-electron chi connectivity index (χ2n) is 12.0. The van der Waals surface area contributed by atoms with Crippen molar-refractivity contribution in [2.75, 3.05) is 0 Å². The molecule has 4 nitrogen and oxygen atoms in total. The van der Waals surface area contributed by atoms with E-state index in [1.165, 1.54) is 11.1 Å². The van der Waals surface area contributed by atoms with Gasteiger partial charge in [0.05, 0.1) is 11.0 Å². The van der Waals surface area contributed by atoms with Crippen molar-refractivity contribution in [1.82, 2.24) is 9.55 Å². The number of benzene rings is 7. The minimum Gasteiger partial charge on any atom is -0.456 e. The van der Waals surface area contributed by atoms with E-state index in [1.54, 1.807) is 0 Å². The van der Waals surface area contributed by atoms with Crippen molar-refractivity contribution in [3.63, 3.8) is 0 Å². The average Bonchev–Trinajstić information content (AvgIpc) is 3.82. The molecule has 3 aromatic heterocycles. The summed E-state index contributed by atoms with van der Waals surface area (Å²) in [5.74, 6) is 0.911. The minimum atomic E-state index is 0.859. The van der Waals surface area contributed by atoms with Crippen LogP contribution in [0.15, 0.2) is 167 Å². The first-order valence-electron chi connectivity index (χ1n) is 15.8. The Hall–Kier alpha value is -6.39. The maximum absolute atomic E-state index is 6.35. The van der Waals surface area contributed by atoms with Crippen LogP contribution in [0, 0.1) is 0 Å². The summed E-state index contributed by atoms with van der Waals surface area (Å²) in [5, 5.41) is 4.28. The number of hydrogen-bond acceptors (Lipinski definition) is 3. The van der Waals surface area contributed by atoms with Crippen LogP contribution in [0.25, 0.3) is 94.2 Å². The Morgan fingerprint density at radius 1 is 0.383 bits per heavy atom. The molecule has 0 amide bonds. The first kappa shape index (κ1) is 25.9. The normalized spacial score (nSPS) is 11.8. The zero-order chi connectivity index (χ0) is 30.9. The third-order valence-corrected chi connectivity index (χ3v) is 9.22. The second kappa shape index (κ2) is 10.1. The molecule has 0 aliphatic heterocycles. The van der Waals surface area contributed by atoms with Crippen molar-refractivity contribution in [3.05, 3.63) is 158 Å². The number of aromatic nitrogens is 2. The third-order valence-electron chi connectivity index (χ3n) is 9.22. The number of rotatable bonds is 4. The molecule has 0 radical (unpaired) electrons. The van der Waals surface area contributed by atoms with E-state index in [2.05, 4.69) is 132 Å². The van der Waals surface area contributed by atoms with Gasteiger partial charge in [-0.25, -0.2) is 4.98 Å². The van der Waals surface area contributed by atoms with Gasteiger partial charge in [-0.2, -0.15) is 0 Å². The highest BCUT2D eigenvalue weighted by atomic mass is 16.3. The van der Waals surface area contributed by atoms with Crippen molar-refractivity contribution < 1.29 is 8.83 Å². The topological polar surface area (TPSA) is 44.1 Å². The molecular weight excluding hydrogens is 576 g/mol. The van der Waals surface area contributed by atoms with Crippen molar-refractivity contribution in [2.24, 2.45) is 0 Å². The fourth-order valence-corrected chi connectivity index (χ4v) is 6.92. The summed E-state index contributed by atoms with van der Waals surface area (Å²) in [6, 6.07) is 55.0. The number of nitrogens with zero attached hydrogens (tertiary/aromatic N) is 2. The molecular formula is C43H26N2O2. The van der Waals surface area contributed by atoms with Gasteiger partial charge in [-0.1, -0.05) is 103 Å². The van der Waals surface area contributed by atoms with E-state index in [4.69, 9.17) is 13.8 Å². The monoisotopic (exact) mass is 602 g/mol. The molecule has 0 unspecified atom stereocenters. The molecule has 10 rings (SSSR count). The Balaban J connectivity index is 1.09. The highest BCUT2D eigenvalue weighted by Gasteiger charge is 2.17. The minimum absolute atomic E-state index is 0.859. The van der Waals surface area contributed by atoms with Crippen molar-refractivity contribution in [1.29, 1.82) is 0 Å². The molecule has 0 aliphatic carbocycles. The van der Waals surface area contributed by atoms with Gasteiger partial charge in [-0.15, -0.1) is 0 Å². The Kier molecular flexibility index (Phi) is 5.54. The average molecular weight is 603 g/mol. The fraction of sp³-hybridized carbons (Fsp3) is 0. The lowest BCUT2D eigenvalue weighted by atomic mass is 10.0. The predicted octanol–water partition coefficient (Wildman–Crippen LogP) is 11.8. The Labute approximate surface area is 269 Å². The second-order valence-corrected chi connectivity index (χ2v) is 12.0. The number of para-hydroxylation sites is 3. The molecule has 220 valence electrons. The zero-order valence-electron chi connectivity index (χ0n) is 25.2. The van der Waals surface area contributed by atoms with Crippen LogP contribution in [0.4, 0.5) is 0 Å². The number of imidazole rings is 1. The summed E-state index contributed by atoms with van der Waals surface area (Å²) >= 11 is 0. The highest BCUT2D eigenvalue weighted by molar-refractivity contribution is 6.15. The first-order valence-corrected chi connectivity index (χ1v) is 15.8. The molecule has 10 aromatic rings. The molecule has 0 fully saturated rings. The molecule has 0 spiro atoms. The number of furan rings is 2. The van der Waals surface area contributed by atoms with E-state index in [0.29, 0.717) is 0 Å². The van der Waals surface area contributed by atoms with Crippen LogP contribution in [0.1, 0.15) is 0 Å². The molecule has 0 saturated carbocycles. The van der Waals surface area contributed by atoms with E-state index in [-0.39, 0.29) is 0 Å². The van der Waals surface area contributed by atoms with Gasteiger partial charge < -0.3 is 8.83 Å². The number of hydrogen-bond donors (Lipinski definition) is 0. The molecule has 47 heavy (non-hydrogen) atoms. The lowest BCUT2D eigenvalue weighted by molar-refractivity contribution is 0.664. The van der Waals surface area contributed by atoms with Crippen LogP contribution in [0.2, 0.25) is 0 Å². The molecule has 0 N–H and O–H groups in total. The van der Waals surface area contributed by atoms with Gasteiger partial charge >= 0.3 is 0 Å². The van der Waals surface area contributed by atoms with E-state index >= 15 is 0 Å². The lowest BCUT2D eigenvalue weighted by Crippen LogP contribution is -1.98. The summed E-state index contributed by atoms with van der Waals surface area (Å²) in [6.45, 7) is 0. The van der Waals surface area contributed by atoms with Gasteiger partial charge in [-0.05, 0) is 76.9 Å². The first-order chi connectivity index (χ1) is 23.3. The SMILES string of the molecule is c1ccc(-c2ccc(-c3nc4ccccc4n3-c3cccc(-c4ccc5oc6cc7c(cc6c5c4)oc4ccccc47)c3)cc2)cc1. The Morgan fingerprint density at radius 2 is 0.979 bits per heavy atom. The van der Waals surface area contributed by atoms with Crippen molar-refractivity contribution in [3.8, 4) is 39.3 Å². The Morgan fingerprint density at radius 3 is 1.83 bits per heavy atom. The quantitative estimate of drug-likeness (QED) is 0.201. The van der Waals surface area contributed by atoms with Gasteiger partial charge in [-0.3, -0.25) is 4.57 Å². The molecule has 7 aromatic carbocycles. The van der Waals surface area contributed by atoms with Gasteiger partial charge in [0.25, 0.3) is 0 Å². The van der Waals surface area contributed by atoms with Crippen LogP contribution in [0.5, 0.6) is 0 Å². The van der Waals surface area contributed by atoms with Crippen LogP contribution in [-0.4, -0.2) is 9.55 Å². The summed E-state index contributed by atoms with van der Waals surface area (Å²) in [4.78, 5) is 5.11. The summed E-state index contributed by atoms with van der Waals surface area (Å²) in [6.07, 6.45) is 0. The largest absolute Gasteiger partial charge is 0.456 e. The van der Waals surface area contributed by atoms with Gasteiger partial charge in [0.1, 0.15) is 28.2 Å². The molecule has 0 atom stereocenters. The maximum Gasteiger partial charge on any atom is 0.145 e. The summed E-state index contributed by atoms with van der Waals surface area (Å²) < 4.78 is 14.8. The maximum atomic E-state index is 6.35. The highest BCUT2D eigenvalue weighted by Crippen LogP contribution is 2.39. The number of fused-ring (bicyclic) bond motifs is 7. The van der Waals surface area contributed by atoms with E-state index < -0.39 is 0 Å². The van der Waals surface area contributed by atoms with Crippen LogP contribution >= 0.6 is 0 Å². The van der Waals surface area contributed by atoms with E-state index in [0.717, 1.165) is 83.1 Å². The lowest BCUT2D eigenvalue weighted by Gasteiger charge is -2.12.